The summed E-state index contributed by atoms with van der Waals surface area (Å²) in [7, 11) is 0. The van der Waals surface area contributed by atoms with Crippen molar-refractivity contribution in [1.82, 2.24) is 9.80 Å². The lowest BCUT2D eigenvalue weighted by Gasteiger charge is -2.33. The first-order valence-corrected chi connectivity index (χ1v) is 7.68. The third kappa shape index (κ3) is 4.06. The molecule has 1 aliphatic rings. The van der Waals surface area contributed by atoms with Crippen LogP contribution in [0.1, 0.15) is 27.9 Å². The second-order valence-electron chi connectivity index (χ2n) is 4.74. The fraction of sp³-hybridized carbons (Fsp3) is 0.467. The lowest BCUT2D eigenvalue weighted by molar-refractivity contribution is -0.130. The molecule has 2 rings (SSSR count). The van der Waals surface area contributed by atoms with Gasteiger partial charge in [0.05, 0.1) is 16.4 Å². The van der Waals surface area contributed by atoms with Crippen molar-refractivity contribution in [3.63, 3.8) is 0 Å². The molecule has 1 fully saturated rings. The van der Waals surface area contributed by atoms with Crippen LogP contribution in [0.5, 0.6) is 0 Å². The number of nitrogens with zero attached hydrogens (tertiary/aromatic N) is 2. The summed E-state index contributed by atoms with van der Waals surface area (Å²) in [5.74, 6) is 5.83. The van der Waals surface area contributed by atoms with Crippen LogP contribution in [0, 0.1) is 11.8 Å². The van der Waals surface area contributed by atoms with Gasteiger partial charge in [-0.1, -0.05) is 11.8 Å². The zero-order valence-electron chi connectivity index (χ0n) is 12.0. The van der Waals surface area contributed by atoms with E-state index in [0.717, 1.165) is 4.88 Å². The molecule has 2 amide bonds. The Morgan fingerprint density at radius 1 is 1.24 bits per heavy atom. The maximum Gasteiger partial charge on any atom is 0.264 e. The van der Waals surface area contributed by atoms with Crippen LogP contribution in [0.4, 0.5) is 0 Å². The van der Waals surface area contributed by atoms with Gasteiger partial charge in [-0.3, -0.25) is 9.59 Å². The van der Waals surface area contributed by atoms with Gasteiger partial charge in [0, 0.05) is 39.5 Å². The number of aliphatic hydroxyl groups is 1. The van der Waals surface area contributed by atoms with Gasteiger partial charge in [-0.25, -0.2) is 0 Å². The molecule has 0 saturated carbocycles. The molecule has 1 aromatic heterocycles. The SMILES string of the molecule is CC(=O)N1CCN(C(=O)c2ccc(C#CCCO)s2)CC1. The van der Waals surface area contributed by atoms with Gasteiger partial charge < -0.3 is 14.9 Å². The van der Waals surface area contributed by atoms with Crippen molar-refractivity contribution in [1.29, 1.82) is 0 Å². The topological polar surface area (TPSA) is 60.9 Å². The summed E-state index contributed by atoms with van der Waals surface area (Å²) >= 11 is 1.37. The van der Waals surface area contributed by atoms with Crippen LogP contribution in [-0.4, -0.2) is 59.5 Å². The van der Waals surface area contributed by atoms with E-state index < -0.39 is 0 Å². The van der Waals surface area contributed by atoms with E-state index in [1.165, 1.54) is 11.3 Å². The molecule has 0 spiro atoms. The van der Waals surface area contributed by atoms with Crippen LogP contribution in [0.2, 0.25) is 0 Å². The monoisotopic (exact) mass is 306 g/mol. The van der Waals surface area contributed by atoms with Gasteiger partial charge in [0.25, 0.3) is 5.91 Å². The Balaban J connectivity index is 1.95. The largest absolute Gasteiger partial charge is 0.395 e. The van der Waals surface area contributed by atoms with E-state index in [0.29, 0.717) is 37.5 Å². The Morgan fingerprint density at radius 2 is 1.90 bits per heavy atom. The summed E-state index contributed by atoms with van der Waals surface area (Å²) < 4.78 is 0. The maximum atomic E-state index is 12.4. The van der Waals surface area contributed by atoms with Gasteiger partial charge in [-0.05, 0) is 12.1 Å². The highest BCUT2D eigenvalue weighted by molar-refractivity contribution is 7.14. The fourth-order valence-corrected chi connectivity index (χ4v) is 2.95. The first-order chi connectivity index (χ1) is 10.1. The number of amides is 2. The lowest BCUT2D eigenvalue weighted by atomic mass is 10.3. The number of carbonyl (C=O) groups excluding carboxylic acids is 2. The molecule has 0 aromatic carbocycles. The van der Waals surface area contributed by atoms with E-state index in [1.54, 1.807) is 22.8 Å². The molecular weight excluding hydrogens is 288 g/mol. The van der Waals surface area contributed by atoms with Crippen molar-refractivity contribution in [2.24, 2.45) is 0 Å². The summed E-state index contributed by atoms with van der Waals surface area (Å²) in [4.78, 5) is 28.7. The lowest BCUT2D eigenvalue weighted by Crippen LogP contribution is -2.49. The summed E-state index contributed by atoms with van der Waals surface area (Å²) in [5, 5.41) is 8.68. The van der Waals surface area contributed by atoms with Crippen molar-refractivity contribution >= 4 is 23.2 Å². The first kappa shape index (κ1) is 15.5. The van der Waals surface area contributed by atoms with Gasteiger partial charge in [0.1, 0.15) is 0 Å². The highest BCUT2D eigenvalue weighted by atomic mass is 32.1. The first-order valence-electron chi connectivity index (χ1n) is 6.86. The molecule has 0 unspecified atom stereocenters. The van der Waals surface area contributed by atoms with Gasteiger partial charge in [-0.15, -0.1) is 11.3 Å². The van der Waals surface area contributed by atoms with E-state index in [-0.39, 0.29) is 18.4 Å². The molecule has 0 atom stereocenters. The second kappa shape index (κ2) is 7.25. The predicted octanol–water partition coefficient (Wildman–Crippen LogP) is 0.786. The quantitative estimate of drug-likeness (QED) is 0.822. The molecule has 1 aliphatic heterocycles. The molecule has 0 bridgehead atoms. The van der Waals surface area contributed by atoms with Gasteiger partial charge in [0.2, 0.25) is 5.91 Å². The number of hydrogen-bond acceptors (Lipinski definition) is 4. The molecule has 1 N–H and O–H groups in total. The number of carbonyl (C=O) groups is 2. The Morgan fingerprint density at radius 3 is 2.52 bits per heavy atom. The number of hydrogen-bond donors (Lipinski definition) is 1. The van der Waals surface area contributed by atoms with Crippen LogP contribution < -0.4 is 0 Å². The molecule has 1 aromatic rings. The van der Waals surface area contributed by atoms with Gasteiger partial charge in [-0.2, -0.15) is 0 Å². The molecular formula is C15H18N2O3S. The fourth-order valence-electron chi connectivity index (χ4n) is 2.11. The molecule has 2 heterocycles. The van der Waals surface area contributed by atoms with Crippen molar-refractivity contribution in [3.8, 4) is 11.8 Å². The van der Waals surface area contributed by atoms with Crippen LogP contribution in [0.3, 0.4) is 0 Å². The van der Waals surface area contributed by atoms with Crippen LogP contribution in [-0.2, 0) is 4.79 Å². The number of aliphatic hydroxyl groups excluding tert-OH is 1. The second-order valence-corrected chi connectivity index (χ2v) is 5.82. The van der Waals surface area contributed by atoms with E-state index in [1.807, 2.05) is 6.07 Å². The van der Waals surface area contributed by atoms with E-state index in [4.69, 9.17) is 5.11 Å². The van der Waals surface area contributed by atoms with Crippen LogP contribution >= 0.6 is 11.3 Å². The number of rotatable bonds is 2. The normalized spacial score (nSPS) is 14.6. The van der Waals surface area contributed by atoms with Crippen molar-refractivity contribution < 1.29 is 14.7 Å². The molecule has 6 heteroatoms. The minimum Gasteiger partial charge on any atom is -0.395 e. The standard InChI is InChI=1S/C15H18N2O3S/c1-12(19)16-7-9-17(10-8-16)15(20)14-6-5-13(21-14)4-2-3-11-18/h5-6,18H,3,7-11H2,1H3. The number of thiophene rings is 1. The Labute approximate surface area is 128 Å². The molecule has 112 valence electrons. The maximum absolute atomic E-state index is 12.4. The minimum absolute atomic E-state index is 0.00147. The Hall–Kier alpha value is -1.84. The minimum atomic E-state index is -0.00147. The van der Waals surface area contributed by atoms with E-state index in [9.17, 15) is 9.59 Å². The predicted molar refractivity (Wildman–Crippen MR) is 81.1 cm³/mol. The molecule has 5 nitrogen and oxygen atoms in total. The van der Waals surface area contributed by atoms with Crippen molar-refractivity contribution in [3.05, 3.63) is 21.9 Å². The third-order valence-corrected chi connectivity index (χ3v) is 4.27. The molecule has 0 radical (unpaired) electrons. The van der Waals surface area contributed by atoms with Crippen LogP contribution in [0.25, 0.3) is 0 Å². The molecule has 0 aliphatic carbocycles. The van der Waals surface area contributed by atoms with E-state index in [2.05, 4.69) is 11.8 Å². The molecule has 21 heavy (non-hydrogen) atoms. The third-order valence-electron chi connectivity index (χ3n) is 3.28. The van der Waals surface area contributed by atoms with Gasteiger partial charge in [0.15, 0.2) is 0 Å². The Kier molecular flexibility index (Phi) is 5.37. The zero-order chi connectivity index (χ0) is 15.2. The van der Waals surface area contributed by atoms with Gasteiger partial charge >= 0.3 is 0 Å². The summed E-state index contributed by atoms with van der Waals surface area (Å²) in [6.45, 7) is 3.92. The average molecular weight is 306 g/mol. The van der Waals surface area contributed by atoms with Crippen LogP contribution in [0.15, 0.2) is 12.1 Å². The Bertz CT molecular complexity index is 577. The molecule has 1 saturated heterocycles. The summed E-state index contributed by atoms with van der Waals surface area (Å²) in [5.41, 5.74) is 0. The summed E-state index contributed by atoms with van der Waals surface area (Å²) in [6, 6.07) is 3.61. The summed E-state index contributed by atoms with van der Waals surface area (Å²) in [6.07, 6.45) is 0.439. The van der Waals surface area contributed by atoms with Crippen molar-refractivity contribution in [2.75, 3.05) is 32.8 Å². The zero-order valence-corrected chi connectivity index (χ0v) is 12.8. The highest BCUT2D eigenvalue weighted by Crippen LogP contribution is 2.18. The average Bonchev–Trinajstić information content (AvgIpc) is 2.96. The number of piperazine rings is 1. The van der Waals surface area contributed by atoms with Crippen molar-refractivity contribution in [2.45, 2.75) is 13.3 Å². The highest BCUT2D eigenvalue weighted by Gasteiger charge is 2.23. The smallest absolute Gasteiger partial charge is 0.264 e. The van der Waals surface area contributed by atoms with E-state index >= 15 is 0 Å².